The number of nitrogens with two attached hydrogens (primary N) is 1. The predicted octanol–water partition coefficient (Wildman–Crippen LogP) is 1.65. The molecule has 0 fully saturated rings. The third-order valence-corrected chi connectivity index (χ3v) is 2.23. The van der Waals surface area contributed by atoms with Crippen LogP contribution in [0.5, 0.6) is 5.75 Å². The van der Waals surface area contributed by atoms with Gasteiger partial charge >= 0.3 is 0 Å². The largest absolute Gasteiger partial charge is 0.507 e. The standard InChI is InChI=1S/C10H9F2N3O/c1-15-10(13)4-8(14-15)5-2-6(11)7(12)3-9(5)16/h2-4,16H,13H2,1H3. The van der Waals surface area contributed by atoms with Crippen LogP contribution in [0.1, 0.15) is 0 Å². The molecular weight excluding hydrogens is 216 g/mol. The highest BCUT2D eigenvalue weighted by atomic mass is 19.2. The van der Waals surface area contributed by atoms with Crippen LogP contribution < -0.4 is 5.73 Å². The van der Waals surface area contributed by atoms with Crippen LogP contribution >= 0.6 is 0 Å². The van der Waals surface area contributed by atoms with Crippen molar-refractivity contribution < 1.29 is 13.9 Å². The summed E-state index contributed by atoms with van der Waals surface area (Å²) in [5.41, 5.74) is 5.94. The summed E-state index contributed by atoms with van der Waals surface area (Å²) in [7, 11) is 1.61. The molecule has 0 atom stereocenters. The van der Waals surface area contributed by atoms with Gasteiger partial charge in [0.15, 0.2) is 11.6 Å². The number of benzene rings is 1. The third-order valence-electron chi connectivity index (χ3n) is 2.23. The molecule has 0 unspecified atom stereocenters. The average Bonchev–Trinajstić information content (AvgIpc) is 2.53. The second-order valence-corrected chi connectivity index (χ2v) is 3.36. The lowest BCUT2D eigenvalue weighted by molar-refractivity contribution is 0.456. The average molecular weight is 225 g/mol. The van der Waals surface area contributed by atoms with Crippen molar-refractivity contribution in [3.8, 4) is 17.0 Å². The summed E-state index contributed by atoms with van der Waals surface area (Å²) >= 11 is 0. The topological polar surface area (TPSA) is 64.1 Å². The van der Waals surface area contributed by atoms with E-state index >= 15 is 0 Å². The molecule has 0 radical (unpaired) electrons. The molecule has 0 bridgehead atoms. The Morgan fingerprint density at radius 3 is 2.44 bits per heavy atom. The van der Waals surface area contributed by atoms with Crippen LogP contribution in [0, 0.1) is 11.6 Å². The van der Waals surface area contributed by atoms with Crippen molar-refractivity contribution in [1.82, 2.24) is 9.78 Å². The van der Waals surface area contributed by atoms with Gasteiger partial charge in [0.1, 0.15) is 11.6 Å². The number of hydrogen-bond acceptors (Lipinski definition) is 3. The van der Waals surface area contributed by atoms with Crippen molar-refractivity contribution in [2.45, 2.75) is 0 Å². The van der Waals surface area contributed by atoms with Crippen molar-refractivity contribution in [3.05, 3.63) is 29.8 Å². The molecule has 4 nitrogen and oxygen atoms in total. The zero-order chi connectivity index (χ0) is 11.9. The number of halogens is 2. The van der Waals surface area contributed by atoms with Crippen molar-refractivity contribution in [3.63, 3.8) is 0 Å². The first-order valence-electron chi connectivity index (χ1n) is 4.47. The zero-order valence-electron chi connectivity index (χ0n) is 8.41. The molecule has 84 valence electrons. The van der Waals surface area contributed by atoms with Gasteiger partial charge in [-0.1, -0.05) is 0 Å². The molecule has 6 heteroatoms. The smallest absolute Gasteiger partial charge is 0.162 e. The summed E-state index contributed by atoms with van der Waals surface area (Å²) in [5.74, 6) is -2.17. The van der Waals surface area contributed by atoms with Gasteiger partial charge in [0.25, 0.3) is 0 Å². The Hall–Kier alpha value is -2.11. The van der Waals surface area contributed by atoms with Crippen LogP contribution in [0.3, 0.4) is 0 Å². The molecule has 3 N–H and O–H groups in total. The SMILES string of the molecule is Cn1nc(-c2cc(F)c(F)cc2O)cc1N. The molecule has 0 saturated heterocycles. The number of anilines is 1. The van der Waals surface area contributed by atoms with Crippen LogP contribution in [-0.2, 0) is 7.05 Å². The summed E-state index contributed by atoms with van der Waals surface area (Å²) in [4.78, 5) is 0. The molecule has 1 heterocycles. The lowest BCUT2D eigenvalue weighted by atomic mass is 10.1. The highest BCUT2D eigenvalue weighted by molar-refractivity contribution is 5.68. The quantitative estimate of drug-likeness (QED) is 0.775. The summed E-state index contributed by atoms with van der Waals surface area (Å²) in [6, 6.07) is 3.05. The third kappa shape index (κ3) is 1.58. The Balaban J connectivity index is 2.60. The molecule has 0 spiro atoms. The van der Waals surface area contributed by atoms with E-state index in [1.807, 2.05) is 0 Å². The molecule has 0 amide bonds. The number of nitrogens with zero attached hydrogens (tertiary/aromatic N) is 2. The number of hydrogen-bond donors (Lipinski definition) is 2. The normalized spacial score (nSPS) is 10.7. The molecule has 0 aliphatic carbocycles. The molecular formula is C10H9F2N3O. The lowest BCUT2D eigenvalue weighted by Gasteiger charge is -2.01. The monoisotopic (exact) mass is 225 g/mol. The van der Waals surface area contributed by atoms with Crippen LogP contribution in [0.4, 0.5) is 14.6 Å². The van der Waals surface area contributed by atoms with Gasteiger partial charge in [0, 0.05) is 24.7 Å². The fourth-order valence-electron chi connectivity index (χ4n) is 1.35. The minimum atomic E-state index is -1.11. The van der Waals surface area contributed by atoms with E-state index in [0.717, 1.165) is 6.07 Å². The highest BCUT2D eigenvalue weighted by Gasteiger charge is 2.13. The van der Waals surface area contributed by atoms with Gasteiger partial charge in [0.2, 0.25) is 0 Å². The second kappa shape index (κ2) is 3.48. The Bertz CT molecular complexity index is 532. The molecule has 0 saturated carbocycles. The number of phenols is 1. The van der Waals surface area contributed by atoms with Crippen LogP contribution in [0.2, 0.25) is 0 Å². The van der Waals surface area contributed by atoms with Crippen LogP contribution in [0.15, 0.2) is 18.2 Å². The maximum absolute atomic E-state index is 13.0. The number of aromatic hydroxyl groups is 1. The van der Waals surface area contributed by atoms with Gasteiger partial charge in [-0.05, 0) is 6.07 Å². The Morgan fingerprint density at radius 2 is 1.88 bits per heavy atom. The summed E-state index contributed by atoms with van der Waals surface area (Å²) in [6.45, 7) is 0. The summed E-state index contributed by atoms with van der Waals surface area (Å²) in [6.07, 6.45) is 0. The summed E-state index contributed by atoms with van der Waals surface area (Å²) in [5, 5.41) is 13.4. The van der Waals surface area contributed by atoms with Gasteiger partial charge in [-0.3, -0.25) is 4.68 Å². The predicted molar refractivity (Wildman–Crippen MR) is 54.6 cm³/mol. The Morgan fingerprint density at radius 1 is 1.25 bits per heavy atom. The fourth-order valence-corrected chi connectivity index (χ4v) is 1.35. The molecule has 1 aromatic heterocycles. The number of aryl methyl sites for hydroxylation is 1. The minimum Gasteiger partial charge on any atom is -0.507 e. The van der Waals surface area contributed by atoms with Gasteiger partial charge < -0.3 is 10.8 Å². The van der Waals surface area contributed by atoms with Crippen molar-refractivity contribution in [1.29, 1.82) is 0 Å². The first kappa shape index (κ1) is 10.4. The van der Waals surface area contributed by atoms with Crippen molar-refractivity contribution >= 4 is 5.82 Å². The summed E-state index contributed by atoms with van der Waals surface area (Å²) < 4.78 is 27.1. The fraction of sp³-hybridized carbons (Fsp3) is 0.100. The number of nitrogen functional groups attached to an aromatic ring is 1. The second-order valence-electron chi connectivity index (χ2n) is 3.36. The maximum atomic E-state index is 13.0. The molecule has 16 heavy (non-hydrogen) atoms. The number of aromatic nitrogens is 2. The van der Waals surface area contributed by atoms with E-state index in [1.165, 1.54) is 10.7 Å². The van der Waals surface area contributed by atoms with E-state index in [4.69, 9.17) is 5.73 Å². The van der Waals surface area contributed by atoms with Crippen LogP contribution in [0.25, 0.3) is 11.3 Å². The van der Waals surface area contributed by atoms with Crippen molar-refractivity contribution in [2.24, 2.45) is 7.05 Å². The molecule has 1 aromatic carbocycles. The van der Waals surface area contributed by atoms with E-state index in [9.17, 15) is 13.9 Å². The van der Waals surface area contributed by atoms with E-state index in [-0.39, 0.29) is 17.0 Å². The number of rotatable bonds is 1. The van der Waals surface area contributed by atoms with E-state index in [2.05, 4.69) is 5.10 Å². The van der Waals surface area contributed by atoms with E-state index in [1.54, 1.807) is 7.05 Å². The van der Waals surface area contributed by atoms with Gasteiger partial charge in [-0.15, -0.1) is 0 Å². The lowest BCUT2D eigenvalue weighted by Crippen LogP contribution is -1.96. The number of phenolic OH excluding ortho intramolecular Hbond substituents is 1. The van der Waals surface area contributed by atoms with Gasteiger partial charge in [-0.2, -0.15) is 5.10 Å². The molecule has 0 aliphatic rings. The first-order valence-corrected chi connectivity index (χ1v) is 4.47. The minimum absolute atomic E-state index is 0.103. The molecule has 2 aromatic rings. The van der Waals surface area contributed by atoms with E-state index < -0.39 is 11.6 Å². The molecule has 0 aliphatic heterocycles. The first-order chi connectivity index (χ1) is 7.49. The van der Waals surface area contributed by atoms with Crippen LogP contribution in [-0.4, -0.2) is 14.9 Å². The Kier molecular flexibility index (Phi) is 2.26. The molecule has 2 rings (SSSR count). The van der Waals surface area contributed by atoms with Gasteiger partial charge in [0.05, 0.1) is 5.69 Å². The maximum Gasteiger partial charge on any atom is 0.162 e. The van der Waals surface area contributed by atoms with Gasteiger partial charge in [-0.25, -0.2) is 8.78 Å². The highest BCUT2D eigenvalue weighted by Crippen LogP contribution is 2.30. The van der Waals surface area contributed by atoms with Crippen molar-refractivity contribution in [2.75, 3.05) is 5.73 Å². The van der Waals surface area contributed by atoms with E-state index in [0.29, 0.717) is 11.9 Å². The zero-order valence-corrected chi connectivity index (χ0v) is 8.41. The Labute approximate surface area is 89.9 Å².